The van der Waals surface area contributed by atoms with E-state index in [4.69, 9.17) is 19.3 Å². The molecular formula is C26H41N3O8. The number of nitrogens with zero attached hydrogens (tertiary/aromatic N) is 3. The van der Waals surface area contributed by atoms with Gasteiger partial charge in [0.15, 0.2) is 0 Å². The third-order valence-corrected chi connectivity index (χ3v) is 5.71. The number of ether oxygens (including phenoxy) is 3. The highest BCUT2D eigenvalue weighted by Crippen LogP contribution is 2.23. The van der Waals surface area contributed by atoms with Crippen LogP contribution in [0.3, 0.4) is 0 Å². The third-order valence-electron chi connectivity index (χ3n) is 5.71. The van der Waals surface area contributed by atoms with Crippen molar-refractivity contribution in [3.05, 3.63) is 34.4 Å². The van der Waals surface area contributed by atoms with E-state index in [0.717, 1.165) is 25.7 Å². The summed E-state index contributed by atoms with van der Waals surface area (Å²) in [4.78, 5) is 37.3. The van der Waals surface area contributed by atoms with Crippen LogP contribution in [0.4, 0.5) is 15.3 Å². The van der Waals surface area contributed by atoms with Gasteiger partial charge in [0.05, 0.1) is 23.6 Å². The van der Waals surface area contributed by atoms with Crippen LogP contribution >= 0.6 is 0 Å². The second-order valence-electron chi connectivity index (χ2n) is 11.2. The maximum atomic E-state index is 12.2. The highest BCUT2D eigenvalue weighted by Gasteiger charge is 2.33. The molecule has 2 heterocycles. The van der Waals surface area contributed by atoms with Crippen LogP contribution in [0.5, 0.6) is 5.75 Å². The van der Waals surface area contributed by atoms with Crippen LogP contribution in [0.1, 0.15) is 67.2 Å². The minimum Gasteiger partial charge on any atom is -0.491 e. The SMILES string of the molecule is CC(C)(C)OC(=O)N1CCC[C@H]1CO.CC(C)(C)OC(=O)N1CCC[C@H]1COc1ccc([N+](=O)[O-])cc1. The smallest absolute Gasteiger partial charge is 0.410 e. The average molecular weight is 524 g/mol. The molecule has 0 bridgehead atoms. The maximum absolute atomic E-state index is 12.2. The molecule has 2 atom stereocenters. The Hall–Kier alpha value is -3.08. The van der Waals surface area contributed by atoms with Gasteiger partial charge in [0.1, 0.15) is 23.6 Å². The van der Waals surface area contributed by atoms with Gasteiger partial charge < -0.3 is 29.1 Å². The van der Waals surface area contributed by atoms with Crippen molar-refractivity contribution >= 4 is 17.9 Å². The molecule has 3 rings (SSSR count). The number of carbonyl (C=O) groups is 2. The molecule has 2 saturated heterocycles. The summed E-state index contributed by atoms with van der Waals surface area (Å²) in [5.74, 6) is 0.548. The van der Waals surface area contributed by atoms with Crippen LogP contribution in [0.25, 0.3) is 0 Å². The number of nitro groups is 1. The first-order valence-corrected chi connectivity index (χ1v) is 12.7. The van der Waals surface area contributed by atoms with Gasteiger partial charge in [-0.3, -0.25) is 10.1 Å². The number of aliphatic hydroxyl groups is 1. The number of aliphatic hydroxyl groups excluding tert-OH is 1. The number of nitro benzene ring substituents is 1. The number of non-ortho nitro benzene ring substituents is 1. The van der Waals surface area contributed by atoms with E-state index < -0.39 is 16.1 Å². The molecule has 2 aliphatic rings. The van der Waals surface area contributed by atoms with Crippen LogP contribution in [0.2, 0.25) is 0 Å². The molecule has 1 aromatic rings. The summed E-state index contributed by atoms with van der Waals surface area (Å²) in [6.07, 6.45) is 2.95. The number of rotatable bonds is 5. The molecule has 0 aromatic heterocycles. The van der Waals surface area contributed by atoms with E-state index in [-0.39, 0.29) is 36.6 Å². The van der Waals surface area contributed by atoms with E-state index in [1.165, 1.54) is 12.1 Å². The van der Waals surface area contributed by atoms with Crippen molar-refractivity contribution in [2.24, 2.45) is 0 Å². The van der Waals surface area contributed by atoms with Gasteiger partial charge in [-0.1, -0.05) is 0 Å². The third kappa shape index (κ3) is 10.1. The Morgan fingerprint density at radius 3 is 1.81 bits per heavy atom. The number of hydrogen-bond acceptors (Lipinski definition) is 8. The summed E-state index contributed by atoms with van der Waals surface area (Å²) in [6, 6.07) is 5.82. The fraction of sp³-hybridized carbons (Fsp3) is 0.692. The second-order valence-corrected chi connectivity index (χ2v) is 11.2. The molecule has 2 aliphatic heterocycles. The van der Waals surface area contributed by atoms with Gasteiger partial charge >= 0.3 is 12.2 Å². The fourth-order valence-corrected chi connectivity index (χ4v) is 4.01. The Balaban J connectivity index is 0.000000294. The first kappa shape index (κ1) is 30.1. The molecule has 1 N–H and O–H groups in total. The Morgan fingerprint density at radius 2 is 1.38 bits per heavy atom. The van der Waals surface area contributed by atoms with Gasteiger partial charge in [0.25, 0.3) is 5.69 Å². The number of amides is 2. The molecule has 2 fully saturated rings. The van der Waals surface area contributed by atoms with Crippen molar-refractivity contribution in [1.29, 1.82) is 0 Å². The van der Waals surface area contributed by atoms with E-state index in [0.29, 0.717) is 25.4 Å². The first-order valence-electron chi connectivity index (χ1n) is 12.7. The zero-order valence-corrected chi connectivity index (χ0v) is 22.8. The van der Waals surface area contributed by atoms with Crippen LogP contribution in [0, 0.1) is 10.1 Å². The standard InChI is InChI=1S/C16H22N2O5.C10H19NO3/c1-16(2,3)23-15(19)17-10-4-5-13(17)11-22-14-8-6-12(7-9-14)18(20)21;1-10(2,3)14-9(13)11-6-4-5-8(11)7-12/h6-9,13H,4-5,10-11H2,1-3H3;8,12H,4-7H2,1-3H3/t13-;8-/m00/s1. The lowest BCUT2D eigenvalue weighted by Crippen LogP contribution is -2.42. The fourth-order valence-electron chi connectivity index (χ4n) is 4.01. The number of carbonyl (C=O) groups excluding carboxylic acids is 2. The van der Waals surface area contributed by atoms with E-state index in [2.05, 4.69) is 0 Å². The van der Waals surface area contributed by atoms with Crippen molar-refractivity contribution in [2.75, 3.05) is 26.3 Å². The topological polar surface area (TPSA) is 132 Å². The zero-order chi connectivity index (χ0) is 27.8. The highest BCUT2D eigenvalue weighted by molar-refractivity contribution is 5.69. The molecular weight excluding hydrogens is 482 g/mol. The van der Waals surface area contributed by atoms with E-state index >= 15 is 0 Å². The number of hydrogen-bond donors (Lipinski definition) is 1. The van der Waals surface area contributed by atoms with Gasteiger partial charge in [0, 0.05) is 25.2 Å². The summed E-state index contributed by atoms with van der Waals surface area (Å²) in [6.45, 7) is 12.8. The first-order chi connectivity index (χ1) is 17.2. The van der Waals surface area contributed by atoms with Crippen LogP contribution < -0.4 is 4.74 Å². The average Bonchev–Trinajstić information content (AvgIpc) is 3.45. The molecule has 0 unspecified atom stereocenters. The summed E-state index contributed by atoms with van der Waals surface area (Å²) in [7, 11) is 0. The van der Waals surface area contributed by atoms with Crippen molar-refractivity contribution in [3.8, 4) is 5.75 Å². The highest BCUT2D eigenvalue weighted by atomic mass is 16.6. The molecule has 0 saturated carbocycles. The van der Waals surface area contributed by atoms with Crippen molar-refractivity contribution < 1.29 is 33.8 Å². The molecule has 2 amide bonds. The number of benzene rings is 1. The Labute approximate surface area is 218 Å². The minimum atomic E-state index is -0.524. The van der Waals surface area contributed by atoms with E-state index in [1.807, 2.05) is 41.5 Å². The van der Waals surface area contributed by atoms with E-state index in [1.54, 1.807) is 21.9 Å². The van der Waals surface area contributed by atoms with Gasteiger partial charge in [-0.05, 0) is 79.4 Å². The Bertz CT molecular complexity index is 908. The zero-order valence-electron chi connectivity index (χ0n) is 22.8. The van der Waals surface area contributed by atoms with Crippen molar-refractivity contribution in [3.63, 3.8) is 0 Å². The summed E-state index contributed by atoms with van der Waals surface area (Å²) in [5.41, 5.74) is -0.961. The van der Waals surface area contributed by atoms with E-state index in [9.17, 15) is 19.7 Å². The quantitative estimate of drug-likeness (QED) is 0.432. The number of likely N-dealkylation sites (tertiary alicyclic amines) is 2. The second kappa shape index (κ2) is 12.9. The molecule has 11 heteroatoms. The monoisotopic (exact) mass is 523 g/mol. The summed E-state index contributed by atoms with van der Waals surface area (Å²) in [5, 5.41) is 19.7. The molecule has 0 aliphatic carbocycles. The largest absolute Gasteiger partial charge is 0.491 e. The van der Waals surface area contributed by atoms with Crippen LogP contribution in [-0.2, 0) is 9.47 Å². The lowest BCUT2D eigenvalue weighted by molar-refractivity contribution is -0.384. The molecule has 0 radical (unpaired) electrons. The lowest BCUT2D eigenvalue weighted by Gasteiger charge is -2.28. The molecule has 11 nitrogen and oxygen atoms in total. The molecule has 1 aromatic carbocycles. The van der Waals surface area contributed by atoms with Crippen LogP contribution in [-0.4, -0.2) is 81.6 Å². The molecule has 0 spiro atoms. The van der Waals surface area contributed by atoms with Crippen molar-refractivity contribution in [2.45, 2.75) is 90.5 Å². The van der Waals surface area contributed by atoms with Crippen molar-refractivity contribution in [1.82, 2.24) is 9.80 Å². The van der Waals surface area contributed by atoms with Gasteiger partial charge in [-0.15, -0.1) is 0 Å². The molecule has 37 heavy (non-hydrogen) atoms. The van der Waals surface area contributed by atoms with Crippen LogP contribution in [0.15, 0.2) is 24.3 Å². The predicted molar refractivity (Wildman–Crippen MR) is 138 cm³/mol. The van der Waals surface area contributed by atoms with Gasteiger partial charge in [-0.2, -0.15) is 0 Å². The summed E-state index contributed by atoms with van der Waals surface area (Å²) < 4.78 is 16.3. The maximum Gasteiger partial charge on any atom is 0.410 e. The minimum absolute atomic E-state index is 0.0218. The van der Waals surface area contributed by atoms with Gasteiger partial charge in [0.2, 0.25) is 0 Å². The Kier molecular flexibility index (Phi) is 10.5. The summed E-state index contributed by atoms with van der Waals surface area (Å²) >= 11 is 0. The lowest BCUT2D eigenvalue weighted by atomic mass is 10.2. The van der Waals surface area contributed by atoms with Gasteiger partial charge in [-0.25, -0.2) is 9.59 Å². The normalized spacial score (nSPS) is 19.6. The Morgan fingerprint density at radius 1 is 0.919 bits per heavy atom. The molecule has 208 valence electrons. The predicted octanol–water partition coefficient (Wildman–Crippen LogP) is 4.75.